The summed E-state index contributed by atoms with van der Waals surface area (Å²) in [7, 11) is -3.74. The zero-order valence-electron chi connectivity index (χ0n) is 14.1. The van der Waals surface area contributed by atoms with Crippen LogP contribution < -0.4 is 0 Å². The van der Waals surface area contributed by atoms with Gasteiger partial charge in [-0.1, -0.05) is 17.3 Å². The molecule has 1 aromatic carbocycles. The summed E-state index contributed by atoms with van der Waals surface area (Å²) < 4.78 is 60.0. The molecule has 2 fully saturated rings. The fourth-order valence-electron chi connectivity index (χ4n) is 3.19. The lowest BCUT2D eigenvalue weighted by Crippen LogP contribution is -2.46. The van der Waals surface area contributed by atoms with E-state index in [0.29, 0.717) is 17.8 Å². The number of halogens is 2. The molecule has 1 saturated carbocycles. The van der Waals surface area contributed by atoms with Crippen LogP contribution in [0.5, 0.6) is 0 Å². The molecule has 140 valence electrons. The number of hydrogen-bond donors (Lipinski definition) is 0. The Labute approximate surface area is 150 Å². The summed E-state index contributed by atoms with van der Waals surface area (Å²) in [6, 6.07) is 5.25. The second-order valence-electron chi connectivity index (χ2n) is 7.02. The lowest BCUT2D eigenvalue weighted by molar-refractivity contribution is 0.0469. The maximum atomic E-state index is 15.4. The molecule has 4 rings (SSSR count). The highest BCUT2D eigenvalue weighted by molar-refractivity contribution is 7.88. The first-order valence-electron chi connectivity index (χ1n) is 8.61. The predicted octanol–water partition coefficient (Wildman–Crippen LogP) is 2.88. The Morgan fingerprint density at radius 1 is 1.27 bits per heavy atom. The van der Waals surface area contributed by atoms with Crippen molar-refractivity contribution >= 4 is 10.0 Å². The van der Waals surface area contributed by atoms with Crippen LogP contribution in [-0.4, -0.2) is 36.0 Å². The third kappa shape index (κ3) is 3.50. The SMILES string of the molecule is O=S(=O)(Cc1ccc(F)cc1)N1CCCC(F)(c2nc(C3CC3)no2)C1. The van der Waals surface area contributed by atoms with E-state index in [1.807, 2.05) is 0 Å². The van der Waals surface area contributed by atoms with Gasteiger partial charge in [-0.3, -0.25) is 0 Å². The lowest BCUT2D eigenvalue weighted by atomic mass is 9.96. The van der Waals surface area contributed by atoms with E-state index in [1.165, 1.54) is 24.3 Å². The summed E-state index contributed by atoms with van der Waals surface area (Å²) in [5.41, 5.74) is -1.52. The minimum absolute atomic E-state index is 0.138. The second kappa shape index (κ2) is 6.38. The first-order valence-corrected chi connectivity index (χ1v) is 10.2. The first-order chi connectivity index (χ1) is 12.4. The number of piperidine rings is 1. The Morgan fingerprint density at radius 2 is 2.00 bits per heavy atom. The third-order valence-electron chi connectivity index (χ3n) is 4.83. The Hall–Kier alpha value is -1.87. The normalized spacial score (nSPS) is 24.7. The number of sulfonamides is 1. The number of nitrogens with zero attached hydrogens (tertiary/aromatic N) is 3. The Morgan fingerprint density at radius 3 is 2.69 bits per heavy atom. The van der Waals surface area contributed by atoms with Crippen molar-refractivity contribution in [1.82, 2.24) is 14.4 Å². The van der Waals surface area contributed by atoms with Gasteiger partial charge < -0.3 is 4.52 Å². The van der Waals surface area contributed by atoms with Crippen LogP contribution in [0.2, 0.25) is 0 Å². The van der Waals surface area contributed by atoms with Crippen molar-refractivity contribution in [3.8, 4) is 0 Å². The molecule has 2 heterocycles. The summed E-state index contributed by atoms with van der Waals surface area (Å²) >= 11 is 0. The molecular formula is C17H19F2N3O3S. The molecular weight excluding hydrogens is 364 g/mol. The topological polar surface area (TPSA) is 76.3 Å². The molecule has 2 aliphatic rings. The van der Waals surface area contributed by atoms with Crippen molar-refractivity contribution in [2.24, 2.45) is 0 Å². The summed E-state index contributed by atoms with van der Waals surface area (Å²) in [6.45, 7) is -0.109. The Bertz CT molecular complexity index is 896. The van der Waals surface area contributed by atoms with Crippen LogP contribution in [-0.2, 0) is 21.4 Å². The number of benzene rings is 1. The smallest absolute Gasteiger partial charge is 0.265 e. The zero-order chi connectivity index (χ0) is 18.4. The quantitative estimate of drug-likeness (QED) is 0.794. The minimum Gasteiger partial charge on any atom is -0.336 e. The van der Waals surface area contributed by atoms with Crippen molar-refractivity contribution < 1.29 is 21.7 Å². The van der Waals surface area contributed by atoms with Crippen LogP contribution in [0, 0.1) is 5.82 Å². The highest BCUT2D eigenvalue weighted by Gasteiger charge is 2.46. The highest BCUT2D eigenvalue weighted by Crippen LogP contribution is 2.41. The van der Waals surface area contributed by atoms with Gasteiger partial charge in [-0.05, 0) is 43.4 Å². The van der Waals surface area contributed by atoms with E-state index in [4.69, 9.17) is 4.52 Å². The van der Waals surface area contributed by atoms with Crippen LogP contribution in [0.25, 0.3) is 0 Å². The van der Waals surface area contributed by atoms with Gasteiger partial charge in [0.1, 0.15) is 5.82 Å². The average molecular weight is 383 g/mol. The molecule has 2 aromatic rings. The maximum Gasteiger partial charge on any atom is 0.265 e. The van der Waals surface area contributed by atoms with Gasteiger partial charge in [-0.2, -0.15) is 9.29 Å². The minimum atomic E-state index is -3.74. The Balaban J connectivity index is 1.51. The van der Waals surface area contributed by atoms with Crippen molar-refractivity contribution in [2.45, 2.75) is 43.0 Å². The zero-order valence-corrected chi connectivity index (χ0v) is 14.9. The molecule has 1 atom stereocenters. The van der Waals surface area contributed by atoms with E-state index in [9.17, 15) is 12.8 Å². The first kappa shape index (κ1) is 17.5. The number of aromatic nitrogens is 2. The highest BCUT2D eigenvalue weighted by atomic mass is 32.2. The molecule has 6 nitrogen and oxygen atoms in total. The van der Waals surface area contributed by atoms with Crippen molar-refractivity contribution in [3.63, 3.8) is 0 Å². The van der Waals surface area contributed by atoms with Crippen molar-refractivity contribution in [3.05, 3.63) is 47.4 Å². The van der Waals surface area contributed by atoms with Gasteiger partial charge in [0.15, 0.2) is 5.82 Å². The molecule has 1 aliphatic carbocycles. The van der Waals surface area contributed by atoms with E-state index in [-0.39, 0.29) is 37.1 Å². The maximum absolute atomic E-state index is 15.4. The molecule has 1 aromatic heterocycles. The average Bonchev–Trinajstić information content (AvgIpc) is 3.33. The Kier molecular flexibility index (Phi) is 4.31. The fourth-order valence-corrected chi connectivity index (χ4v) is 4.80. The second-order valence-corrected chi connectivity index (χ2v) is 8.99. The summed E-state index contributed by atoms with van der Waals surface area (Å²) in [6.07, 6.45) is 2.44. The molecule has 26 heavy (non-hydrogen) atoms. The van der Waals surface area contributed by atoms with Gasteiger partial charge in [0, 0.05) is 12.5 Å². The molecule has 0 amide bonds. The number of hydrogen-bond acceptors (Lipinski definition) is 5. The van der Waals surface area contributed by atoms with Gasteiger partial charge in [0.05, 0.1) is 12.3 Å². The van der Waals surface area contributed by atoms with E-state index < -0.39 is 21.5 Å². The van der Waals surface area contributed by atoms with Crippen LogP contribution in [0.3, 0.4) is 0 Å². The standard InChI is InChI=1S/C17H19F2N3O3S/c18-14-6-2-12(3-7-14)10-26(23,24)22-9-1-8-17(19,11-22)16-20-15(21-25-16)13-4-5-13/h2-3,6-7,13H,1,4-5,8-11H2. The van der Waals surface area contributed by atoms with Gasteiger partial charge in [-0.15, -0.1) is 0 Å². The summed E-state index contributed by atoms with van der Waals surface area (Å²) in [5, 5.41) is 3.83. The van der Waals surface area contributed by atoms with Crippen LogP contribution >= 0.6 is 0 Å². The van der Waals surface area contributed by atoms with Crippen LogP contribution in [0.4, 0.5) is 8.78 Å². The number of alkyl halides is 1. The summed E-state index contributed by atoms with van der Waals surface area (Å²) in [5.74, 6) is -0.141. The van der Waals surface area contributed by atoms with Crippen LogP contribution in [0.1, 0.15) is 48.9 Å². The van der Waals surface area contributed by atoms with E-state index in [2.05, 4.69) is 10.1 Å². The van der Waals surface area contributed by atoms with Gasteiger partial charge in [0.25, 0.3) is 5.89 Å². The van der Waals surface area contributed by atoms with Gasteiger partial charge in [0.2, 0.25) is 15.7 Å². The molecule has 1 saturated heterocycles. The molecule has 0 bridgehead atoms. The number of rotatable bonds is 5. The molecule has 9 heteroatoms. The lowest BCUT2D eigenvalue weighted by Gasteiger charge is -2.34. The monoisotopic (exact) mass is 383 g/mol. The fraction of sp³-hybridized carbons (Fsp3) is 0.529. The van der Waals surface area contributed by atoms with Gasteiger partial charge in [-0.25, -0.2) is 17.2 Å². The molecule has 0 N–H and O–H groups in total. The van der Waals surface area contributed by atoms with Crippen molar-refractivity contribution in [2.75, 3.05) is 13.1 Å². The third-order valence-corrected chi connectivity index (χ3v) is 6.63. The molecule has 0 spiro atoms. The van der Waals surface area contributed by atoms with E-state index in [0.717, 1.165) is 17.1 Å². The molecule has 1 unspecified atom stereocenters. The van der Waals surface area contributed by atoms with E-state index >= 15 is 4.39 Å². The van der Waals surface area contributed by atoms with Crippen LogP contribution in [0.15, 0.2) is 28.8 Å². The predicted molar refractivity (Wildman–Crippen MR) is 88.9 cm³/mol. The molecule has 1 aliphatic heterocycles. The summed E-state index contributed by atoms with van der Waals surface area (Å²) in [4.78, 5) is 4.16. The molecule has 0 radical (unpaired) electrons. The van der Waals surface area contributed by atoms with E-state index in [1.54, 1.807) is 0 Å². The largest absolute Gasteiger partial charge is 0.336 e. The van der Waals surface area contributed by atoms with Crippen molar-refractivity contribution in [1.29, 1.82) is 0 Å². The van der Waals surface area contributed by atoms with Gasteiger partial charge >= 0.3 is 0 Å².